The van der Waals surface area contributed by atoms with Crippen molar-refractivity contribution in [3.05, 3.63) is 12.7 Å². The minimum absolute atomic E-state index is 0.339. The van der Waals surface area contributed by atoms with Gasteiger partial charge in [0.25, 0.3) is 0 Å². The second-order valence-electron chi connectivity index (χ2n) is 3.55. The fourth-order valence-corrected chi connectivity index (χ4v) is 1.40. The monoisotopic (exact) mass is 188 g/mol. The Morgan fingerprint density at radius 1 is 1.54 bits per heavy atom. The molecule has 13 heavy (non-hydrogen) atoms. The van der Waals surface area contributed by atoms with Crippen LogP contribution in [0.15, 0.2) is 12.7 Å². The van der Waals surface area contributed by atoms with Gasteiger partial charge in [-0.25, -0.2) is 0 Å². The summed E-state index contributed by atoms with van der Waals surface area (Å²) in [5.74, 6) is -0.723. The average molecular weight is 188 g/mol. The Labute approximate surface area is 77.8 Å². The number of hydrogen-bond acceptors (Lipinski definition) is 4. The molecule has 0 radical (unpaired) electrons. The first-order valence-electron chi connectivity index (χ1n) is 4.27. The number of hydrogen-bond donors (Lipinski definition) is 2. The van der Waals surface area contributed by atoms with Crippen molar-refractivity contribution in [2.45, 2.75) is 37.9 Å². The largest absolute Gasteiger partial charge is 0.394 e. The Morgan fingerprint density at radius 3 is 2.62 bits per heavy atom. The lowest BCUT2D eigenvalue weighted by Crippen LogP contribution is -2.36. The molecule has 0 aliphatic carbocycles. The van der Waals surface area contributed by atoms with E-state index < -0.39 is 18.0 Å². The molecule has 0 amide bonds. The second kappa shape index (κ2) is 3.75. The molecule has 2 N–H and O–H groups in total. The summed E-state index contributed by atoms with van der Waals surface area (Å²) >= 11 is 0. The summed E-state index contributed by atoms with van der Waals surface area (Å²) < 4.78 is 10.8. The summed E-state index contributed by atoms with van der Waals surface area (Å²) in [5.41, 5.74) is 0. The molecule has 1 fully saturated rings. The van der Waals surface area contributed by atoms with Gasteiger partial charge < -0.3 is 19.7 Å². The van der Waals surface area contributed by atoms with Crippen molar-refractivity contribution >= 4 is 0 Å². The molecular formula is C9H16O4. The van der Waals surface area contributed by atoms with E-state index in [0.29, 0.717) is 0 Å². The van der Waals surface area contributed by atoms with E-state index in [1.54, 1.807) is 19.9 Å². The molecule has 1 heterocycles. The zero-order valence-corrected chi connectivity index (χ0v) is 7.93. The molecule has 76 valence electrons. The molecule has 0 bridgehead atoms. The predicted molar refractivity (Wildman–Crippen MR) is 47.1 cm³/mol. The summed E-state index contributed by atoms with van der Waals surface area (Å²) in [6.07, 6.45) is -0.252. The molecule has 1 aliphatic heterocycles. The van der Waals surface area contributed by atoms with Crippen molar-refractivity contribution in [1.29, 1.82) is 0 Å². The van der Waals surface area contributed by atoms with E-state index in [-0.39, 0.29) is 12.7 Å². The maximum absolute atomic E-state index is 9.39. The molecule has 0 saturated carbocycles. The standard InChI is InChI=1S/C9H16O4/c1-4-7-8(6(11)5-10)13-9(2,3)12-7/h4,6-8,10-11H,1,5H2,2-3H3/t6-,7?,8?/m0/s1. The lowest BCUT2D eigenvalue weighted by molar-refractivity contribution is -0.155. The van der Waals surface area contributed by atoms with E-state index in [1.165, 1.54) is 0 Å². The minimum Gasteiger partial charge on any atom is -0.394 e. The van der Waals surface area contributed by atoms with Crippen LogP contribution in [0.25, 0.3) is 0 Å². The smallest absolute Gasteiger partial charge is 0.164 e. The van der Waals surface area contributed by atoms with Gasteiger partial charge in [0, 0.05) is 0 Å². The van der Waals surface area contributed by atoms with Gasteiger partial charge in [0.1, 0.15) is 18.3 Å². The van der Waals surface area contributed by atoms with E-state index >= 15 is 0 Å². The summed E-state index contributed by atoms with van der Waals surface area (Å²) in [5, 5.41) is 18.1. The van der Waals surface area contributed by atoms with Crippen LogP contribution in [0.2, 0.25) is 0 Å². The maximum atomic E-state index is 9.39. The first kappa shape index (κ1) is 10.7. The van der Waals surface area contributed by atoms with Crippen LogP contribution in [0.4, 0.5) is 0 Å². The van der Waals surface area contributed by atoms with Crippen LogP contribution in [-0.4, -0.2) is 40.9 Å². The van der Waals surface area contributed by atoms with Gasteiger partial charge in [0.15, 0.2) is 5.79 Å². The highest BCUT2D eigenvalue weighted by Gasteiger charge is 2.42. The van der Waals surface area contributed by atoms with Crippen LogP contribution >= 0.6 is 0 Å². The van der Waals surface area contributed by atoms with Crippen LogP contribution in [-0.2, 0) is 9.47 Å². The van der Waals surface area contributed by atoms with Gasteiger partial charge in [-0.15, -0.1) is 6.58 Å². The zero-order valence-electron chi connectivity index (χ0n) is 7.93. The van der Waals surface area contributed by atoms with Crippen LogP contribution in [0, 0.1) is 0 Å². The Morgan fingerprint density at radius 2 is 2.15 bits per heavy atom. The fraction of sp³-hybridized carbons (Fsp3) is 0.778. The average Bonchev–Trinajstić information content (AvgIpc) is 2.39. The van der Waals surface area contributed by atoms with Crippen molar-refractivity contribution in [3.8, 4) is 0 Å². The predicted octanol–water partition coefficient (Wildman–Crippen LogP) is 0.0457. The summed E-state index contributed by atoms with van der Waals surface area (Å²) in [4.78, 5) is 0. The molecule has 1 saturated heterocycles. The molecule has 1 aliphatic rings. The van der Waals surface area contributed by atoms with Crippen molar-refractivity contribution < 1.29 is 19.7 Å². The van der Waals surface area contributed by atoms with Gasteiger partial charge in [-0.2, -0.15) is 0 Å². The van der Waals surface area contributed by atoms with Crippen molar-refractivity contribution in [2.75, 3.05) is 6.61 Å². The maximum Gasteiger partial charge on any atom is 0.164 e. The first-order chi connectivity index (χ1) is 6.00. The van der Waals surface area contributed by atoms with E-state index in [9.17, 15) is 5.11 Å². The van der Waals surface area contributed by atoms with Crippen molar-refractivity contribution in [2.24, 2.45) is 0 Å². The number of aliphatic hydroxyl groups is 2. The summed E-state index contributed by atoms with van der Waals surface area (Å²) in [6, 6.07) is 0. The fourth-order valence-electron chi connectivity index (χ4n) is 1.40. The SMILES string of the molecule is C=CC1OC(C)(C)OC1[C@@H](O)CO. The Bertz CT molecular complexity index is 190. The first-order valence-corrected chi connectivity index (χ1v) is 4.27. The molecule has 0 aromatic heterocycles. The molecule has 2 unspecified atom stereocenters. The van der Waals surface area contributed by atoms with Gasteiger partial charge in [0.2, 0.25) is 0 Å². The van der Waals surface area contributed by atoms with Crippen LogP contribution in [0.1, 0.15) is 13.8 Å². The second-order valence-corrected chi connectivity index (χ2v) is 3.55. The van der Waals surface area contributed by atoms with E-state index in [1.807, 2.05) is 0 Å². The lowest BCUT2D eigenvalue weighted by atomic mass is 10.1. The third-order valence-corrected chi connectivity index (χ3v) is 1.96. The Kier molecular flexibility index (Phi) is 3.08. The highest BCUT2D eigenvalue weighted by atomic mass is 16.8. The number of ether oxygens (including phenoxy) is 2. The van der Waals surface area contributed by atoms with Gasteiger partial charge in [-0.3, -0.25) is 0 Å². The summed E-state index contributed by atoms with van der Waals surface area (Å²) in [7, 11) is 0. The van der Waals surface area contributed by atoms with E-state index in [2.05, 4.69) is 6.58 Å². The van der Waals surface area contributed by atoms with E-state index in [0.717, 1.165) is 0 Å². The van der Waals surface area contributed by atoms with Crippen LogP contribution < -0.4 is 0 Å². The topological polar surface area (TPSA) is 58.9 Å². The molecule has 0 aromatic rings. The number of rotatable bonds is 3. The van der Waals surface area contributed by atoms with Crippen LogP contribution in [0.3, 0.4) is 0 Å². The molecule has 0 spiro atoms. The molecule has 4 heteroatoms. The van der Waals surface area contributed by atoms with Crippen molar-refractivity contribution in [3.63, 3.8) is 0 Å². The highest BCUT2D eigenvalue weighted by molar-refractivity contribution is 4.96. The highest BCUT2D eigenvalue weighted by Crippen LogP contribution is 2.30. The van der Waals surface area contributed by atoms with E-state index in [4.69, 9.17) is 14.6 Å². The van der Waals surface area contributed by atoms with Crippen molar-refractivity contribution in [1.82, 2.24) is 0 Å². The summed E-state index contributed by atoms with van der Waals surface area (Å²) in [6.45, 7) is 6.75. The Hall–Kier alpha value is -0.420. The quantitative estimate of drug-likeness (QED) is 0.614. The molecule has 0 aromatic carbocycles. The zero-order chi connectivity index (χ0) is 10.1. The normalized spacial score (nSPS) is 34.5. The minimum atomic E-state index is -0.926. The number of aliphatic hydroxyl groups excluding tert-OH is 2. The Balaban J connectivity index is 2.68. The molecule has 4 nitrogen and oxygen atoms in total. The van der Waals surface area contributed by atoms with Gasteiger partial charge in [-0.05, 0) is 13.8 Å². The lowest BCUT2D eigenvalue weighted by Gasteiger charge is -2.19. The molecule has 3 atom stereocenters. The van der Waals surface area contributed by atoms with Gasteiger partial charge >= 0.3 is 0 Å². The third kappa shape index (κ3) is 2.28. The van der Waals surface area contributed by atoms with Gasteiger partial charge in [0.05, 0.1) is 6.61 Å². The van der Waals surface area contributed by atoms with Crippen LogP contribution in [0.5, 0.6) is 0 Å². The third-order valence-electron chi connectivity index (χ3n) is 1.96. The molecule has 1 rings (SSSR count). The van der Waals surface area contributed by atoms with Gasteiger partial charge in [-0.1, -0.05) is 6.08 Å². The molecular weight excluding hydrogens is 172 g/mol.